The van der Waals surface area contributed by atoms with Gasteiger partial charge in [-0.1, -0.05) is 23.4 Å². The predicted molar refractivity (Wildman–Crippen MR) is 216 cm³/mol. The average molecular weight is 787 g/mol. The number of likely N-dealkylation sites (tertiary alicyclic amines) is 1. The molecule has 10 rings (SSSR count). The normalized spacial score (nSPS) is 27.4. The minimum atomic E-state index is -0.642. The Morgan fingerprint density at radius 2 is 1.79 bits per heavy atom. The van der Waals surface area contributed by atoms with Crippen molar-refractivity contribution in [2.75, 3.05) is 63.1 Å². The van der Waals surface area contributed by atoms with Crippen LogP contribution < -0.4 is 21.3 Å². The predicted octanol–water partition coefficient (Wildman–Crippen LogP) is 4.16. The van der Waals surface area contributed by atoms with Crippen molar-refractivity contribution in [2.45, 2.75) is 69.2 Å². The Hall–Kier alpha value is -5.57. The first-order chi connectivity index (χ1) is 28.1. The molecule has 0 bridgehead atoms. The molecule has 5 fully saturated rings. The summed E-state index contributed by atoms with van der Waals surface area (Å²) in [5.41, 5.74) is 12.0. The lowest BCUT2D eigenvalue weighted by atomic mass is 9.92. The number of hydrogen-bond acceptors (Lipinski definition) is 11. The van der Waals surface area contributed by atoms with E-state index in [0.29, 0.717) is 60.4 Å². The van der Waals surface area contributed by atoms with E-state index in [-0.39, 0.29) is 29.6 Å². The van der Waals surface area contributed by atoms with E-state index in [1.807, 2.05) is 18.0 Å². The van der Waals surface area contributed by atoms with Crippen molar-refractivity contribution in [3.05, 3.63) is 70.7 Å². The first-order valence-electron chi connectivity index (χ1n) is 20.9. The first kappa shape index (κ1) is 36.7. The van der Waals surface area contributed by atoms with Crippen molar-refractivity contribution in [3.63, 3.8) is 0 Å². The van der Waals surface area contributed by atoms with E-state index >= 15 is 0 Å². The van der Waals surface area contributed by atoms with Gasteiger partial charge in [0, 0.05) is 75.9 Å². The Kier molecular flexibility index (Phi) is 9.29. The summed E-state index contributed by atoms with van der Waals surface area (Å²) < 4.78 is 5.89. The minimum absolute atomic E-state index is 0.0724. The van der Waals surface area contributed by atoms with Crippen molar-refractivity contribution < 1.29 is 23.7 Å². The number of rotatable bonds is 9. The van der Waals surface area contributed by atoms with Crippen molar-refractivity contribution >= 4 is 52.0 Å². The van der Waals surface area contributed by atoms with Crippen LogP contribution in [0.15, 0.2) is 47.1 Å². The molecule has 2 aromatic carbocycles. The van der Waals surface area contributed by atoms with Crippen LogP contribution in [-0.2, 0) is 22.4 Å². The van der Waals surface area contributed by atoms with Crippen LogP contribution in [0.5, 0.6) is 0 Å². The Bertz CT molecular complexity index is 2280. The number of benzene rings is 2. The molecule has 6 atom stereocenters. The van der Waals surface area contributed by atoms with Gasteiger partial charge in [0.15, 0.2) is 17.1 Å². The highest BCUT2D eigenvalue weighted by atomic mass is 16.5. The van der Waals surface area contributed by atoms with E-state index in [9.17, 15) is 19.2 Å². The van der Waals surface area contributed by atoms with Gasteiger partial charge in [0.05, 0.1) is 18.2 Å². The summed E-state index contributed by atoms with van der Waals surface area (Å²) >= 11 is 0. The monoisotopic (exact) mass is 786 g/mol. The fraction of sp³-hybridized carbons (Fsp3) is 0.512. The Morgan fingerprint density at radius 3 is 2.53 bits per heavy atom. The van der Waals surface area contributed by atoms with Crippen molar-refractivity contribution in [2.24, 2.45) is 23.5 Å². The molecule has 15 heteroatoms. The number of carbonyl (C=O) groups is 4. The van der Waals surface area contributed by atoms with Gasteiger partial charge < -0.3 is 35.2 Å². The number of piperidine rings is 2. The maximum atomic E-state index is 12.7. The molecular formula is C43H50N10O5. The third kappa shape index (κ3) is 6.72. The zero-order valence-corrected chi connectivity index (χ0v) is 32.9. The molecular weight excluding hydrogens is 737 g/mol. The van der Waals surface area contributed by atoms with Crippen LogP contribution in [0, 0.1) is 17.8 Å². The van der Waals surface area contributed by atoms with Crippen molar-refractivity contribution in [1.82, 2.24) is 35.1 Å². The van der Waals surface area contributed by atoms with Gasteiger partial charge in [-0.25, -0.2) is 14.8 Å². The molecule has 2 aromatic heterocycles. The largest absolute Gasteiger partial charge is 0.364 e. The fourth-order valence-electron chi connectivity index (χ4n) is 10.9. The summed E-state index contributed by atoms with van der Waals surface area (Å²) in [6.45, 7) is 6.24. The molecule has 15 nitrogen and oxygen atoms in total. The van der Waals surface area contributed by atoms with E-state index in [1.54, 1.807) is 11.1 Å². The standard InChI is InChI=1S/C43H50N10O5/c1-50-13-14-53(43(50)57)31-3-2-12-52(23-31)35-19-45-38(40(44)55)41(47-35)46-30-7-4-25(5-8-30)27-17-28-21-51(22-29(28)18-27)20-24-15-26-6-9-32-37(49-58-39(32)34(26)16-24)33-10-11-36(54)48-42(33)56/h4-9,19,24,27-29,31,33H,2-3,10-18,20-23H2,1H3,(H2,44,55)(H,46,47)(H,48,54,56)/t24-,27?,28-,29+,31+,33?/m0/s1. The highest BCUT2D eigenvalue weighted by Gasteiger charge is 2.42. The average Bonchev–Trinajstić information content (AvgIpc) is 4.05. The van der Waals surface area contributed by atoms with Gasteiger partial charge >= 0.3 is 6.03 Å². The highest BCUT2D eigenvalue weighted by molar-refractivity contribution is 6.02. The van der Waals surface area contributed by atoms with E-state index in [4.69, 9.17) is 15.2 Å². The summed E-state index contributed by atoms with van der Waals surface area (Å²) in [6, 6.07) is 12.9. The maximum absolute atomic E-state index is 12.7. The van der Waals surface area contributed by atoms with Crippen LogP contribution in [0.1, 0.15) is 83.2 Å². The van der Waals surface area contributed by atoms with Gasteiger partial charge in [-0.05, 0) is 97.9 Å². The molecule has 4 saturated heterocycles. The summed E-state index contributed by atoms with van der Waals surface area (Å²) in [5, 5.41) is 11.0. The molecule has 58 heavy (non-hydrogen) atoms. The number of primary amides is 1. The van der Waals surface area contributed by atoms with Gasteiger partial charge in [0.25, 0.3) is 5.91 Å². The third-order valence-electron chi connectivity index (χ3n) is 13.8. The second kappa shape index (κ2) is 14.7. The number of anilines is 3. The van der Waals surface area contributed by atoms with E-state index in [2.05, 4.69) is 60.9 Å². The second-order valence-electron chi connectivity index (χ2n) is 17.5. The summed E-state index contributed by atoms with van der Waals surface area (Å²) in [5.74, 6) is 1.76. The Morgan fingerprint density at radius 1 is 0.983 bits per heavy atom. The first-order valence-corrected chi connectivity index (χ1v) is 20.9. The number of nitrogens with one attached hydrogen (secondary N) is 2. The second-order valence-corrected chi connectivity index (χ2v) is 17.5. The Balaban J connectivity index is 0.745. The van der Waals surface area contributed by atoms with Crippen LogP contribution in [0.4, 0.5) is 22.1 Å². The number of carbonyl (C=O) groups excluding carboxylic acids is 4. The summed E-state index contributed by atoms with van der Waals surface area (Å²) in [7, 11) is 1.84. The third-order valence-corrected chi connectivity index (χ3v) is 13.8. The molecule has 5 amide bonds. The molecule has 1 saturated carbocycles. The van der Waals surface area contributed by atoms with Gasteiger partial charge in [-0.15, -0.1) is 0 Å². The molecule has 6 aliphatic rings. The van der Waals surface area contributed by atoms with Gasteiger partial charge in [-0.2, -0.15) is 0 Å². The van der Waals surface area contributed by atoms with Crippen LogP contribution in [0.2, 0.25) is 0 Å². The Labute approximate surface area is 336 Å². The van der Waals surface area contributed by atoms with E-state index in [1.165, 1.54) is 29.5 Å². The number of urea groups is 1. The lowest BCUT2D eigenvalue weighted by Crippen LogP contribution is -2.49. The number of fused-ring (bicyclic) bond motifs is 4. The number of aromatic nitrogens is 3. The molecule has 4 N–H and O–H groups in total. The van der Waals surface area contributed by atoms with Crippen molar-refractivity contribution in [1.29, 1.82) is 0 Å². The van der Waals surface area contributed by atoms with E-state index in [0.717, 1.165) is 81.6 Å². The topological polar surface area (TPSA) is 183 Å². The van der Waals surface area contributed by atoms with Crippen LogP contribution in [-0.4, -0.2) is 112 Å². The highest BCUT2D eigenvalue weighted by Crippen LogP contribution is 2.47. The number of nitrogens with two attached hydrogens (primary N) is 1. The van der Waals surface area contributed by atoms with Crippen molar-refractivity contribution in [3.8, 4) is 0 Å². The maximum Gasteiger partial charge on any atom is 0.320 e. The van der Waals surface area contributed by atoms with Crippen LogP contribution in [0.25, 0.3) is 11.0 Å². The zero-order chi connectivity index (χ0) is 39.7. The molecule has 4 aliphatic heterocycles. The van der Waals surface area contributed by atoms with Crippen LogP contribution >= 0.6 is 0 Å². The summed E-state index contributed by atoms with van der Waals surface area (Å²) in [6.07, 6.45) is 8.58. The van der Waals surface area contributed by atoms with Gasteiger partial charge in [0.2, 0.25) is 11.8 Å². The fourth-order valence-corrected chi connectivity index (χ4v) is 10.9. The molecule has 2 unspecified atom stereocenters. The van der Waals surface area contributed by atoms with Gasteiger partial charge in [-0.3, -0.25) is 19.7 Å². The van der Waals surface area contributed by atoms with E-state index < -0.39 is 11.8 Å². The lowest BCUT2D eigenvalue weighted by Gasteiger charge is -2.37. The number of nitrogens with zero attached hydrogens (tertiary/aromatic N) is 7. The smallest absolute Gasteiger partial charge is 0.320 e. The number of hydrogen-bond donors (Lipinski definition) is 3. The molecule has 0 radical (unpaired) electrons. The van der Waals surface area contributed by atoms with Gasteiger partial charge in [0.1, 0.15) is 11.5 Å². The molecule has 4 aromatic rings. The quantitative estimate of drug-likeness (QED) is 0.207. The zero-order valence-electron chi connectivity index (χ0n) is 32.9. The molecule has 6 heterocycles. The van der Waals surface area contributed by atoms with Crippen LogP contribution in [0.3, 0.4) is 0 Å². The lowest BCUT2D eigenvalue weighted by molar-refractivity contribution is -0.134. The molecule has 2 aliphatic carbocycles. The minimum Gasteiger partial charge on any atom is -0.364 e. The summed E-state index contributed by atoms with van der Waals surface area (Å²) in [4.78, 5) is 67.2. The number of likely N-dealkylation sites (N-methyl/N-ethyl adjacent to an activating group) is 1. The molecule has 302 valence electrons. The SMILES string of the molecule is CN1CCN([C@@H]2CCCN(c3cnc(C(N)=O)c(Nc4ccc(C5C[C@@H]6CN(C[C@H]7Cc8ccc9c(C%10CCC(=O)NC%10=O)noc9c8C7)C[C@@H]6C5)cc4)n3)C2)C1=O. The number of amides is 5. The number of imide groups is 1. The molecule has 0 spiro atoms.